The van der Waals surface area contributed by atoms with Gasteiger partial charge in [0.05, 0.1) is 30.7 Å². The summed E-state index contributed by atoms with van der Waals surface area (Å²) in [5.41, 5.74) is -1.24. The third kappa shape index (κ3) is 5.86. The third-order valence-electron chi connectivity index (χ3n) is 12.1. The van der Waals surface area contributed by atoms with E-state index in [0.717, 1.165) is 0 Å². The van der Waals surface area contributed by atoms with Gasteiger partial charge in [-0.05, 0) is 99.3 Å². The minimum Gasteiger partial charge on any atom is -0.453 e. The van der Waals surface area contributed by atoms with Gasteiger partial charge in [0.15, 0.2) is 24.0 Å². The summed E-state index contributed by atoms with van der Waals surface area (Å²) in [6.07, 6.45) is -2.68. The summed E-state index contributed by atoms with van der Waals surface area (Å²) >= 11 is 0. The Hall–Kier alpha value is -3.04. The monoisotopic (exact) mass is 686 g/mol. The van der Waals surface area contributed by atoms with E-state index in [0.29, 0.717) is 48.8 Å². The summed E-state index contributed by atoms with van der Waals surface area (Å²) in [6.45, 7) is 10.1. The number of ether oxygens (including phenoxy) is 4. The Kier molecular flexibility index (Phi) is 9.68. The van der Waals surface area contributed by atoms with Gasteiger partial charge < -0.3 is 44.5 Å². The zero-order valence-electron chi connectivity index (χ0n) is 27.8. The van der Waals surface area contributed by atoms with E-state index in [4.69, 9.17) is 18.9 Å². The lowest BCUT2D eigenvalue weighted by Gasteiger charge is -2.43. The minimum absolute atomic E-state index is 0.00306. The van der Waals surface area contributed by atoms with E-state index in [9.17, 15) is 44.7 Å². The molecule has 13 atom stereocenters. The second-order valence-electron chi connectivity index (χ2n) is 14.7. The largest absolute Gasteiger partial charge is 0.453 e. The number of allylic oxidation sites excluding steroid dienone is 2. The van der Waals surface area contributed by atoms with Crippen LogP contribution in [0.3, 0.4) is 0 Å². The van der Waals surface area contributed by atoms with Crippen LogP contribution in [0.25, 0.3) is 0 Å². The van der Waals surface area contributed by atoms with Crippen molar-refractivity contribution in [1.29, 1.82) is 0 Å². The van der Waals surface area contributed by atoms with Gasteiger partial charge in [-0.3, -0.25) is 9.59 Å². The number of hydrogen-bond donors (Lipinski definition) is 5. The molecule has 49 heavy (non-hydrogen) atoms. The average Bonchev–Trinajstić information content (AvgIpc) is 3.27. The van der Waals surface area contributed by atoms with Gasteiger partial charge in [0.1, 0.15) is 23.9 Å². The van der Waals surface area contributed by atoms with Gasteiger partial charge in [-0.25, -0.2) is 9.59 Å². The van der Waals surface area contributed by atoms with E-state index >= 15 is 0 Å². The van der Waals surface area contributed by atoms with E-state index < -0.39 is 90.0 Å². The van der Waals surface area contributed by atoms with E-state index in [1.807, 2.05) is 0 Å². The smallest absolute Gasteiger partial charge is 0.334 e. The molecule has 0 aromatic heterocycles. The van der Waals surface area contributed by atoms with E-state index in [1.165, 1.54) is 12.2 Å². The first-order valence-corrected chi connectivity index (χ1v) is 17.0. The lowest BCUT2D eigenvalue weighted by molar-refractivity contribution is -0.306. The Labute approximate surface area is 284 Å². The SMILES string of the molecule is C=C(C(=O)OC1C(CO)OC(OCC2CC[C@@H]3C[C@]4(OC(=O)C3=C)C(C)=CC(=O)C24)C(O)C1O)[C@@H]1CCC(CO)C2C(=O)C=C(C)[C@@]2(O)C1. The van der Waals surface area contributed by atoms with Crippen molar-refractivity contribution in [2.75, 3.05) is 19.8 Å². The number of aliphatic hydroxyl groups excluding tert-OH is 4. The highest BCUT2D eigenvalue weighted by atomic mass is 16.7. The lowest BCUT2D eigenvalue weighted by Crippen LogP contribution is -2.61. The Balaban J connectivity index is 1.12. The van der Waals surface area contributed by atoms with Crippen LogP contribution in [0.15, 0.2) is 47.6 Å². The molecule has 6 aliphatic rings. The predicted octanol–water partition coefficient (Wildman–Crippen LogP) is 0.608. The van der Waals surface area contributed by atoms with Crippen LogP contribution >= 0.6 is 0 Å². The van der Waals surface area contributed by atoms with Crippen LogP contribution in [0, 0.1) is 35.5 Å². The number of fused-ring (bicyclic) bond motifs is 2. The number of ketones is 2. The molecule has 13 nitrogen and oxygen atoms in total. The molecule has 9 unspecified atom stereocenters. The first-order valence-electron chi connectivity index (χ1n) is 17.0. The fourth-order valence-corrected chi connectivity index (χ4v) is 9.20. The molecule has 13 heteroatoms. The molecule has 2 saturated heterocycles. The number of hydrogen-bond acceptors (Lipinski definition) is 13. The molecule has 2 aliphatic heterocycles. The van der Waals surface area contributed by atoms with Crippen LogP contribution in [-0.4, -0.2) is 111 Å². The topological polar surface area (TPSA) is 206 Å². The van der Waals surface area contributed by atoms with Crippen LogP contribution < -0.4 is 0 Å². The quantitative estimate of drug-likeness (QED) is 0.176. The standard InChI is InChI=1S/C36H46O13/c1-16-9-24(39)27-22(13-37)7-5-20(11-35(16,27)45)18(3)32(43)48-31-26(14-38)47-34(30(42)29(31)41)46-15-23-8-6-21-12-36(49-33(44)19(21)4)17(2)10-25(40)28(23)36/h9-10,20-23,26-31,34,37-38,41-42,45H,3-8,11-15H2,1-2H3/t20-,21-,22?,23?,26?,27?,28?,29?,30?,31?,34?,35+,36+/m1/s1. The van der Waals surface area contributed by atoms with Gasteiger partial charge in [0, 0.05) is 17.8 Å². The molecule has 5 N–H and O–H groups in total. The summed E-state index contributed by atoms with van der Waals surface area (Å²) in [4.78, 5) is 52.0. The number of esters is 2. The Morgan fingerprint density at radius 2 is 1.61 bits per heavy atom. The third-order valence-corrected chi connectivity index (χ3v) is 12.1. The van der Waals surface area contributed by atoms with Crippen molar-refractivity contribution in [2.24, 2.45) is 35.5 Å². The van der Waals surface area contributed by atoms with Gasteiger partial charge in [-0.2, -0.15) is 0 Å². The maximum absolute atomic E-state index is 13.4. The molecule has 268 valence electrons. The second kappa shape index (κ2) is 13.3. The summed E-state index contributed by atoms with van der Waals surface area (Å²) < 4.78 is 23.2. The van der Waals surface area contributed by atoms with Gasteiger partial charge in [0.25, 0.3) is 0 Å². The molecule has 2 saturated carbocycles. The molecule has 0 aromatic carbocycles. The highest BCUT2D eigenvalue weighted by Gasteiger charge is 2.60. The summed E-state index contributed by atoms with van der Waals surface area (Å²) in [7, 11) is 0. The lowest BCUT2D eigenvalue weighted by atomic mass is 9.73. The van der Waals surface area contributed by atoms with Crippen LogP contribution in [0.1, 0.15) is 52.4 Å². The van der Waals surface area contributed by atoms with E-state index in [1.54, 1.807) is 13.8 Å². The Bertz CT molecular complexity index is 1490. The van der Waals surface area contributed by atoms with Crippen molar-refractivity contribution in [1.82, 2.24) is 0 Å². The van der Waals surface area contributed by atoms with Gasteiger partial charge in [-0.1, -0.05) is 13.2 Å². The normalized spacial score (nSPS) is 43.4. The number of carbonyl (C=O) groups is 4. The maximum Gasteiger partial charge on any atom is 0.334 e. The predicted molar refractivity (Wildman–Crippen MR) is 169 cm³/mol. The van der Waals surface area contributed by atoms with Gasteiger partial charge in [-0.15, -0.1) is 0 Å². The first kappa shape index (κ1) is 35.8. The van der Waals surface area contributed by atoms with Crippen molar-refractivity contribution in [3.05, 3.63) is 47.6 Å². The molecule has 0 radical (unpaired) electrons. The van der Waals surface area contributed by atoms with Gasteiger partial charge in [0.2, 0.25) is 0 Å². The summed E-state index contributed by atoms with van der Waals surface area (Å²) in [6, 6.07) is 0. The highest BCUT2D eigenvalue weighted by molar-refractivity contribution is 6.00. The fraction of sp³-hybridized carbons (Fsp3) is 0.667. The number of aliphatic hydroxyl groups is 5. The molecule has 0 amide bonds. The van der Waals surface area contributed by atoms with Crippen molar-refractivity contribution in [2.45, 2.75) is 94.3 Å². The average molecular weight is 687 g/mol. The molecular weight excluding hydrogens is 640 g/mol. The summed E-state index contributed by atoms with van der Waals surface area (Å²) in [5, 5.41) is 53.9. The molecule has 4 fully saturated rings. The zero-order valence-corrected chi connectivity index (χ0v) is 27.8. The number of rotatable bonds is 8. The van der Waals surface area contributed by atoms with E-state index in [2.05, 4.69) is 13.2 Å². The number of carbonyl (C=O) groups excluding carboxylic acids is 4. The molecule has 2 heterocycles. The van der Waals surface area contributed by atoms with Crippen molar-refractivity contribution in [3.63, 3.8) is 0 Å². The fourth-order valence-electron chi connectivity index (χ4n) is 9.20. The first-order chi connectivity index (χ1) is 23.2. The molecule has 6 rings (SSSR count). The van der Waals surface area contributed by atoms with Gasteiger partial charge >= 0.3 is 11.9 Å². The molecule has 2 bridgehead atoms. The summed E-state index contributed by atoms with van der Waals surface area (Å²) in [5.74, 6) is -5.21. The molecule has 0 aromatic rings. The Morgan fingerprint density at radius 1 is 0.939 bits per heavy atom. The van der Waals surface area contributed by atoms with Crippen LogP contribution in [0.4, 0.5) is 0 Å². The molecule has 4 aliphatic carbocycles. The van der Waals surface area contributed by atoms with E-state index in [-0.39, 0.29) is 42.7 Å². The minimum atomic E-state index is -1.74. The van der Waals surface area contributed by atoms with Crippen molar-refractivity contribution >= 4 is 23.5 Å². The van der Waals surface area contributed by atoms with Crippen LogP contribution in [-0.2, 0) is 38.1 Å². The van der Waals surface area contributed by atoms with Crippen LogP contribution in [0.5, 0.6) is 0 Å². The Morgan fingerprint density at radius 3 is 2.31 bits per heavy atom. The second-order valence-corrected chi connectivity index (χ2v) is 14.7. The zero-order chi connectivity index (χ0) is 35.6. The highest BCUT2D eigenvalue weighted by Crippen LogP contribution is 2.54. The molecule has 1 spiro atoms. The van der Waals surface area contributed by atoms with Crippen LogP contribution in [0.2, 0.25) is 0 Å². The van der Waals surface area contributed by atoms with Crippen molar-refractivity contribution in [3.8, 4) is 0 Å². The molecular formula is C36H46O13. The van der Waals surface area contributed by atoms with Crippen molar-refractivity contribution < 1.29 is 63.7 Å². The maximum atomic E-state index is 13.4.